The van der Waals surface area contributed by atoms with E-state index < -0.39 is 12.1 Å². The van der Waals surface area contributed by atoms with Crippen LogP contribution in [-0.4, -0.2) is 32.7 Å². The van der Waals surface area contributed by atoms with Gasteiger partial charge in [0, 0.05) is 17.3 Å². The van der Waals surface area contributed by atoms with Crippen LogP contribution in [0.4, 0.5) is 0 Å². The average molecular weight is 381 g/mol. The molecule has 28 heavy (non-hydrogen) atoms. The van der Waals surface area contributed by atoms with Gasteiger partial charge in [0.1, 0.15) is 6.61 Å². The molecule has 144 valence electrons. The summed E-state index contributed by atoms with van der Waals surface area (Å²) in [5.74, 6) is -0.280. The van der Waals surface area contributed by atoms with Gasteiger partial charge in [0.25, 0.3) is 5.56 Å². The summed E-state index contributed by atoms with van der Waals surface area (Å²) in [6.45, 7) is 4.22. The molecule has 0 aliphatic carbocycles. The lowest BCUT2D eigenvalue weighted by Crippen LogP contribution is -2.32. The van der Waals surface area contributed by atoms with Crippen LogP contribution in [0.1, 0.15) is 36.6 Å². The van der Waals surface area contributed by atoms with Crippen molar-refractivity contribution >= 4 is 16.9 Å². The third-order valence-electron chi connectivity index (χ3n) is 4.86. The summed E-state index contributed by atoms with van der Waals surface area (Å²) in [5.41, 5.74) is 3.08. The van der Waals surface area contributed by atoms with E-state index in [1.165, 1.54) is 0 Å². The fourth-order valence-corrected chi connectivity index (χ4v) is 3.59. The molecule has 0 saturated heterocycles. The Morgan fingerprint density at radius 2 is 2.07 bits per heavy atom. The van der Waals surface area contributed by atoms with Crippen molar-refractivity contribution in [3.63, 3.8) is 0 Å². The van der Waals surface area contributed by atoms with Gasteiger partial charge < -0.3 is 19.1 Å². The summed E-state index contributed by atoms with van der Waals surface area (Å²) < 4.78 is 11.8. The molecule has 0 amide bonds. The molecular weight excluding hydrogens is 362 g/mol. The number of ether oxygens (including phenoxy) is 2. The number of pyridine rings is 3. The quantitative estimate of drug-likeness (QED) is 0.503. The van der Waals surface area contributed by atoms with Gasteiger partial charge in [-0.2, -0.15) is 0 Å². The van der Waals surface area contributed by atoms with Crippen LogP contribution in [0.25, 0.3) is 22.3 Å². The molecule has 1 unspecified atom stereocenters. The first-order chi connectivity index (χ1) is 13.6. The maximum Gasteiger partial charge on any atom is 0.340 e. The normalized spacial score (nSPS) is 16.4. The van der Waals surface area contributed by atoms with Crippen molar-refractivity contribution in [2.75, 3.05) is 7.11 Å². The smallest absolute Gasteiger partial charge is 0.340 e. The van der Waals surface area contributed by atoms with Crippen molar-refractivity contribution < 1.29 is 19.4 Å². The van der Waals surface area contributed by atoms with Gasteiger partial charge in [-0.25, -0.2) is 14.8 Å². The van der Waals surface area contributed by atoms with Crippen molar-refractivity contribution in [2.45, 2.75) is 33.1 Å². The molecule has 1 N–H and O–H groups in total. The number of carbonyl (C=O) groups excluding carboxylic acids is 1. The molecule has 2 aliphatic rings. The first kappa shape index (κ1) is 18.1. The second-order valence-corrected chi connectivity index (χ2v) is 6.25. The second kappa shape index (κ2) is 6.72. The number of rotatable bonds is 1. The number of carbonyl (C=O) groups is 1. The van der Waals surface area contributed by atoms with E-state index in [1.54, 1.807) is 30.0 Å². The number of aliphatic hydroxyl groups excluding tert-OH is 1. The van der Waals surface area contributed by atoms with Crippen LogP contribution in [0, 0.1) is 0 Å². The van der Waals surface area contributed by atoms with Gasteiger partial charge in [-0.15, -0.1) is 0 Å². The largest absolute Gasteiger partial charge is 0.481 e. The monoisotopic (exact) mass is 381 g/mol. The Morgan fingerprint density at radius 1 is 1.29 bits per heavy atom. The number of aromatic nitrogens is 3. The zero-order valence-electron chi connectivity index (χ0n) is 15.7. The lowest BCUT2D eigenvalue weighted by Gasteiger charge is -2.21. The van der Waals surface area contributed by atoms with E-state index in [-0.39, 0.29) is 12.2 Å². The highest BCUT2D eigenvalue weighted by Gasteiger charge is 2.33. The molecule has 5 rings (SSSR count). The number of fused-ring (bicyclic) bond motifs is 5. The highest BCUT2D eigenvalue weighted by atomic mass is 16.5. The molecule has 0 spiro atoms. The van der Waals surface area contributed by atoms with Crippen molar-refractivity contribution in [2.24, 2.45) is 0 Å². The van der Waals surface area contributed by atoms with E-state index in [0.717, 1.165) is 10.9 Å². The zero-order valence-corrected chi connectivity index (χ0v) is 15.7. The van der Waals surface area contributed by atoms with Crippen molar-refractivity contribution in [1.82, 2.24) is 14.5 Å². The first-order valence-electron chi connectivity index (χ1n) is 9.03. The minimum atomic E-state index is -1.45. The van der Waals surface area contributed by atoms with Gasteiger partial charge in [-0.1, -0.05) is 13.8 Å². The Balaban J connectivity index is 0.000000932. The van der Waals surface area contributed by atoms with Crippen molar-refractivity contribution in [1.29, 1.82) is 0 Å². The lowest BCUT2D eigenvalue weighted by molar-refractivity contribution is -0.157. The maximum atomic E-state index is 12.8. The number of methoxy groups -OCH3 is 1. The van der Waals surface area contributed by atoms with Gasteiger partial charge in [0.2, 0.25) is 5.88 Å². The van der Waals surface area contributed by atoms with Crippen LogP contribution in [0.5, 0.6) is 5.88 Å². The van der Waals surface area contributed by atoms with E-state index in [0.29, 0.717) is 40.5 Å². The van der Waals surface area contributed by atoms with Gasteiger partial charge in [0.15, 0.2) is 6.10 Å². The third kappa shape index (κ3) is 2.49. The van der Waals surface area contributed by atoms with Crippen LogP contribution < -0.4 is 10.3 Å². The van der Waals surface area contributed by atoms with Crippen molar-refractivity contribution in [3.8, 4) is 17.3 Å². The van der Waals surface area contributed by atoms with Gasteiger partial charge in [-0.05, 0) is 18.2 Å². The standard InChI is InChI=1S/C18H13N3O5.C2H6/c1-25-16-10-4-8-6-21-13(14(8)20-12(10)2-3-19-16)5-9-11(17(21)23)7-26-18(24)15(9)22;1-2/h2-5,15,22H,6-7H2,1H3;1-2H3. The van der Waals surface area contributed by atoms with E-state index in [2.05, 4.69) is 9.97 Å². The Morgan fingerprint density at radius 3 is 2.82 bits per heavy atom. The molecule has 2 aliphatic heterocycles. The lowest BCUT2D eigenvalue weighted by atomic mass is 10.0. The topological polar surface area (TPSA) is 104 Å². The zero-order chi connectivity index (χ0) is 20.0. The van der Waals surface area contributed by atoms with E-state index >= 15 is 0 Å². The number of nitrogens with zero attached hydrogens (tertiary/aromatic N) is 3. The SMILES string of the molecule is CC.COc1nccc2nc3c(cc12)Cn1c-3cc2c(c1=O)COC(=O)C2O. The molecule has 0 aromatic carbocycles. The average Bonchev–Trinajstić information content (AvgIpc) is 3.08. The van der Waals surface area contributed by atoms with Crippen LogP contribution in [0.3, 0.4) is 0 Å². The van der Waals surface area contributed by atoms with Crippen LogP contribution in [0.2, 0.25) is 0 Å². The van der Waals surface area contributed by atoms with E-state index in [4.69, 9.17) is 9.47 Å². The Kier molecular flexibility index (Phi) is 4.35. The third-order valence-corrected chi connectivity index (χ3v) is 4.86. The molecular formula is C20H19N3O5. The number of esters is 1. The predicted molar refractivity (Wildman–Crippen MR) is 101 cm³/mol. The molecule has 0 radical (unpaired) electrons. The molecule has 0 saturated carbocycles. The van der Waals surface area contributed by atoms with Crippen LogP contribution in [-0.2, 0) is 22.7 Å². The molecule has 8 nitrogen and oxygen atoms in total. The molecule has 1 atom stereocenters. The molecule has 3 aromatic heterocycles. The Bertz CT molecular complexity index is 1170. The summed E-state index contributed by atoms with van der Waals surface area (Å²) in [6, 6.07) is 5.33. The number of cyclic esters (lactones) is 1. The Labute approximate surface area is 160 Å². The fraction of sp³-hybridized carbons (Fsp3) is 0.300. The molecule has 5 heterocycles. The summed E-state index contributed by atoms with van der Waals surface area (Å²) in [5, 5.41) is 10.9. The number of hydrogen-bond acceptors (Lipinski definition) is 7. The van der Waals surface area contributed by atoms with E-state index in [1.807, 2.05) is 19.9 Å². The maximum absolute atomic E-state index is 12.8. The first-order valence-corrected chi connectivity index (χ1v) is 9.03. The van der Waals surface area contributed by atoms with Crippen LogP contribution in [0.15, 0.2) is 29.2 Å². The highest BCUT2D eigenvalue weighted by Crippen LogP contribution is 2.36. The summed E-state index contributed by atoms with van der Waals surface area (Å²) in [6.07, 6.45) is 0.154. The predicted octanol–water partition coefficient (Wildman–Crippen LogP) is 1.95. The van der Waals surface area contributed by atoms with Gasteiger partial charge in [0.05, 0.1) is 41.5 Å². The molecule has 0 bridgehead atoms. The molecule has 3 aromatic rings. The molecule has 0 fully saturated rings. The van der Waals surface area contributed by atoms with Gasteiger partial charge in [-0.3, -0.25) is 4.79 Å². The minimum Gasteiger partial charge on any atom is -0.481 e. The van der Waals surface area contributed by atoms with Gasteiger partial charge >= 0.3 is 5.97 Å². The fourth-order valence-electron chi connectivity index (χ4n) is 3.59. The Hall–Kier alpha value is -3.26. The molecule has 8 heteroatoms. The number of aliphatic hydroxyl groups is 1. The second-order valence-electron chi connectivity index (χ2n) is 6.25. The summed E-state index contributed by atoms with van der Waals surface area (Å²) >= 11 is 0. The minimum absolute atomic E-state index is 0.131. The van der Waals surface area contributed by atoms with E-state index in [9.17, 15) is 14.7 Å². The summed E-state index contributed by atoms with van der Waals surface area (Å²) in [7, 11) is 1.54. The van der Waals surface area contributed by atoms with Crippen molar-refractivity contribution in [3.05, 3.63) is 51.4 Å². The highest BCUT2D eigenvalue weighted by molar-refractivity contribution is 5.88. The van der Waals surface area contributed by atoms with Crippen LogP contribution >= 0.6 is 0 Å². The number of hydrogen-bond donors (Lipinski definition) is 1. The summed E-state index contributed by atoms with van der Waals surface area (Å²) in [4.78, 5) is 33.3.